The van der Waals surface area contributed by atoms with Gasteiger partial charge in [0, 0.05) is 37.0 Å². The molecule has 0 bridgehead atoms. The van der Waals surface area contributed by atoms with Crippen molar-refractivity contribution in [2.45, 2.75) is 19.0 Å². The molecule has 1 fully saturated rings. The number of rotatable bonds is 3. The van der Waals surface area contributed by atoms with E-state index in [1.54, 1.807) is 0 Å². The smallest absolute Gasteiger partial charge is 0.0620 e. The summed E-state index contributed by atoms with van der Waals surface area (Å²) >= 11 is 0. The Morgan fingerprint density at radius 1 is 1.35 bits per heavy atom. The predicted molar refractivity (Wildman–Crippen MR) is 67.8 cm³/mol. The summed E-state index contributed by atoms with van der Waals surface area (Å²) < 4.78 is 5.36. The first-order valence-corrected chi connectivity index (χ1v) is 6.06. The fourth-order valence-electron chi connectivity index (χ4n) is 2.29. The Bertz CT molecular complexity index is 501. The highest BCUT2D eigenvalue weighted by molar-refractivity contribution is 5.84. The molecule has 0 amide bonds. The molecule has 1 atom stereocenters. The maximum atomic E-state index is 5.36. The van der Waals surface area contributed by atoms with Crippen molar-refractivity contribution < 1.29 is 4.74 Å². The summed E-state index contributed by atoms with van der Waals surface area (Å²) in [5, 5.41) is 6.03. The van der Waals surface area contributed by atoms with Gasteiger partial charge in [-0.25, -0.2) is 0 Å². The standard InChI is InChI=1S/C14H16N2O/c1-2-11-8-15-6-4-14(11)12(3-1)9-16-13-5-7-17-10-13/h1-4,6,8,13,16H,5,7,9-10H2. The van der Waals surface area contributed by atoms with Crippen LogP contribution in [0.2, 0.25) is 0 Å². The van der Waals surface area contributed by atoms with Crippen LogP contribution in [0.3, 0.4) is 0 Å². The van der Waals surface area contributed by atoms with Crippen LogP contribution in [0.5, 0.6) is 0 Å². The molecule has 88 valence electrons. The molecule has 2 heterocycles. The number of benzene rings is 1. The van der Waals surface area contributed by atoms with Gasteiger partial charge in [0.1, 0.15) is 0 Å². The molecule has 3 heteroatoms. The van der Waals surface area contributed by atoms with E-state index in [9.17, 15) is 0 Å². The number of ether oxygens (including phenoxy) is 1. The van der Waals surface area contributed by atoms with Crippen LogP contribution < -0.4 is 5.32 Å². The third-order valence-corrected chi connectivity index (χ3v) is 3.28. The van der Waals surface area contributed by atoms with Gasteiger partial charge in [-0.1, -0.05) is 18.2 Å². The first-order chi connectivity index (χ1) is 8.43. The maximum Gasteiger partial charge on any atom is 0.0620 e. The number of nitrogens with one attached hydrogen (secondary N) is 1. The van der Waals surface area contributed by atoms with E-state index in [1.165, 1.54) is 16.3 Å². The average molecular weight is 228 g/mol. The Morgan fingerprint density at radius 2 is 2.35 bits per heavy atom. The van der Waals surface area contributed by atoms with Crippen LogP contribution in [0.4, 0.5) is 0 Å². The Morgan fingerprint density at radius 3 is 3.24 bits per heavy atom. The molecule has 3 rings (SSSR count). The van der Waals surface area contributed by atoms with Gasteiger partial charge in [-0.3, -0.25) is 4.98 Å². The summed E-state index contributed by atoms with van der Waals surface area (Å²) in [6.07, 6.45) is 4.88. The van der Waals surface area contributed by atoms with E-state index < -0.39 is 0 Å². The van der Waals surface area contributed by atoms with Crippen molar-refractivity contribution in [3.8, 4) is 0 Å². The third kappa shape index (κ3) is 2.30. The molecular formula is C14H16N2O. The molecule has 1 aromatic heterocycles. The van der Waals surface area contributed by atoms with E-state index in [0.29, 0.717) is 6.04 Å². The van der Waals surface area contributed by atoms with E-state index in [-0.39, 0.29) is 0 Å². The zero-order valence-corrected chi connectivity index (χ0v) is 9.73. The van der Waals surface area contributed by atoms with Crippen LogP contribution in [0.25, 0.3) is 10.8 Å². The summed E-state index contributed by atoms with van der Waals surface area (Å²) in [7, 11) is 0. The van der Waals surface area contributed by atoms with Crippen LogP contribution in [0, 0.1) is 0 Å². The van der Waals surface area contributed by atoms with Crippen molar-refractivity contribution in [2.24, 2.45) is 0 Å². The number of fused-ring (bicyclic) bond motifs is 1. The SMILES string of the molecule is c1cc(CNC2CCOC2)c2ccncc2c1. The molecular weight excluding hydrogens is 212 g/mol. The summed E-state index contributed by atoms with van der Waals surface area (Å²) in [5.41, 5.74) is 1.33. The lowest BCUT2D eigenvalue weighted by Crippen LogP contribution is -2.28. The number of hydrogen-bond acceptors (Lipinski definition) is 3. The van der Waals surface area contributed by atoms with Crippen LogP contribution in [0.15, 0.2) is 36.7 Å². The first kappa shape index (κ1) is 10.7. The topological polar surface area (TPSA) is 34.1 Å². The first-order valence-electron chi connectivity index (χ1n) is 6.06. The fourth-order valence-corrected chi connectivity index (χ4v) is 2.29. The van der Waals surface area contributed by atoms with Crippen LogP contribution in [0.1, 0.15) is 12.0 Å². The average Bonchev–Trinajstić information content (AvgIpc) is 2.89. The summed E-state index contributed by atoms with van der Waals surface area (Å²) in [5.74, 6) is 0. The summed E-state index contributed by atoms with van der Waals surface area (Å²) in [4.78, 5) is 4.15. The monoisotopic (exact) mass is 228 g/mol. The minimum absolute atomic E-state index is 0.507. The second-order valence-corrected chi connectivity index (χ2v) is 4.46. The van der Waals surface area contributed by atoms with Crippen molar-refractivity contribution >= 4 is 10.8 Å². The molecule has 1 aromatic carbocycles. The highest BCUT2D eigenvalue weighted by Gasteiger charge is 2.14. The molecule has 1 unspecified atom stereocenters. The Balaban J connectivity index is 1.79. The lowest BCUT2D eigenvalue weighted by molar-refractivity contribution is 0.190. The van der Waals surface area contributed by atoms with Crippen molar-refractivity contribution in [3.05, 3.63) is 42.2 Å². The van der Waals surface area contributed by atoms with Gasteiger partial charge in [0.05, 0.1) is 6.61 Å². The van der Waals surface area contributed by atoms with Crippen LogP contribution in [-0.2, 0) is 11.3 Å². The van der Waals surface area contributed by atoms with E-state index in [2.05, 4.69) is 34.6 Å². The molecule has 1 aliphatic heterocycles. The minimum Gasteiger partial charge on any atom is -0.380 e. The number of nitrogens with zero attached hydrogens (tertiary/aromatic N) is 1. The van der Waals surface area contributed by atoms with Crippen molar-refractivity contribution in [3.63, 3.8) is 0 Å². The molecule has 1 aliphatic rings. The molecule has 0 spiro atoms. The Hall–Kier alpha value is -1.45. The van der Waals surface area contributed by atoms with Gasteiger partial charge < -0.3 is 10.1 Å². The molecule has 3 nitrogen and oxygen atoms in total. The number of aromatic nitrogens is 1. The molecule has 0 aliphatic carbocycles. The molecule has 0 saturated carbocycles. The molecule has 2 aromatic rings. The number of pyridine rings is 1. The van der Waals surface area contributed by atoms with Gasteiger partial charge in [-0.05, 0) is 23.4 Å². The van der Waals surface area contributed by atoms with E-state index in [0.717, 1.165) is 26.2 Å². The highest BCUT2D eigenvalue weighted by Crippen LogP contribution is 2.17. The van der Waals surface area contributed by atoms with Gasteiger partial charge in [-0.2, -0.15) is 0 Å². The van der Waals surface area contributed by atoms with E-state index in [4.69, 9.17) is 4.74 Å². The highest BCUT2D eigenvalue weighted by atomic mass is 16.5. The van der Waals surface area contributed by atoms with Gasteiger partial charge in [0.15, 0.2) is 0 Å². The van der Waals surface area contributed by atoms with Gasteiger partial charge in [0.2, 0.25) is 0 Å². The van der Waals surface area contributed by atoms with E-state index in [1.807, 2.05) is 12.4 Å². The van der Waals surface area contributed by atoms with Crippen LogP contribution in [-0.4, -0.2) is 24.2 Å². The summed E-state index contributed by atoms with van der Waals surface area (Å²) in [6, 6.07) is 8.95. The largest absolute Gasteiger partial charge is 0.380 e. The zero-order valence-electron chi connectivity index (χ0n) is 9.73. The third-order valence-electron chi connectivity index (χ3n) is 3.28. The predicted octanol–water partition coefficient (Wildman–Crippen LogP) is 2.11. The lowest BCUT2D eigenvalue weighted by Gasteiger charge is -2.12. The molecule has 1 saturated heterocycles. The number of hydrogen-bond donors (Lipinski definition) is 1. The van der Waals surface area contributed by atoms with Crippen molar-refractivity contribution in [1.82, 2.24) is 10.3 Å². The molecule has 17 heavy (non-hydrogen) atoms. The van der Waals surface area contributed by atoms with Crippen LogP contribution >= 0.6 is 0 Å². The van der Waals surface area contributed by atoms with Crippen molar-refractivity contribution in [1.29, 1.82) is 0 Å². The lowest BCUT2D eigenvalue weighted by atomic mass is 10.1. The second kappa shape index (κ2) is 4.82. The van der Waals surface area contributed by atoms with Gasteiger partial charge >= 0.3 is 0 Å². The fraction of sp³-hybridized carbons (Fsp3) is 0.357. The van der Waals surface area contributed by atoms with E-state index >= 15 is 0 Å². The maximum absolute atomic E-state index is 5.36. The molecule has 0 radical (unpaired) electrons. The molecule has 1 N–H and O–H groups in total. The van der Waals surface area contributed by atoms with Crippen molar-refractivity contribution in [2.75, 3.05) is 13.2 Å². The quantitative estimate of drug-likeness (QED) is 0.873. The second-order valence-electron chi connectivity index (χ2n) is 4.46. The Kier molecular flexibility index (Phi) is 3.03. The summed E-state index contributed by atoms with van der Waals surface area (Å²) in [6.45, 7) is 2.62. The minimum atomic E-state index is 0.507. The Labute approximate surface area is 101 Å². The van der Waals surface area contributed by atoms with Gasteiger partial charge in [-0.15, -0.1) is 0 Å². The normalized spacial score (nSPS) is 19.9. The zero-order chi connectivity index (χ0) is 11.5. The van der Waals surface area contributed by atoms with Gasteiger partial charge in [0.25, 0.3) is 0 Å².